The third kappa shape index (κ3) is 2.57. The fraction of sp³-hybridized carbons (Fsp3) is 0.143. The van der Waals surface area contributed by atoms with Crippen molar-refractivity contribution in [2.24, 2.45) is 0 Å². The Bertz CT molecular complexity index is 786. The van der Waals surface area contributed by atoms with E-state index in [4.69, 9.17) is 16.3 Å². The maximum Gasteiger partial charge on any atom is 0.180 e. The highest BCUT2D eigenvalue weighted by Crippen LogP contribution is 2.31. The summed E-state index contributed by atoms with van der Waals surface area (Å²) in [5, 5.41) is 6.86. The Balaban J connectivity index is 2.09. The van der Waals surface area contributed by atoms with Crippen molar-refractivity contribution in [1.82, 2.24) is 14.4 Å². The van der Waals surface area contributed by atoms with Crippen LogP contribution < -0.4 is 15.4 Å². The van der Waals surface area contributed by atoms with E-state index in [1.165, 1.54) is 0 Å². The molecule has 0 amide bonds. The molecule has 2 heterocycles. The van der Waals surface area contributed by atoms with Crippen LogP contribution >= 0.6 is 11.6 Å². The minimum absolute atomic E-state index is 0.613. The van der Waals surface area contributed by atoms with Crippen LogP contribution in [-0.2, 0) is 0 Å². The second-order valence-corrected chi connectivity index (χ2v) is 4.79. The Morgan fingerprint density at radius 3 is 2.95 bits per heavy atom. The number of imidazole rings is 1. The number of nitrogens with zero attached hydrogens (tertiary/aromatic N) is 3. The summed E-state index contributed by atoms with van der Waals surface area (Å²) in [5.41, 5.74) is 1.45. The molecule has 3 aromatic rings. The second kappa shape index (κ2) is 5.49. The summed E-state index contributed by atoms with van der Waals surface area (Å²) < 4.78 is 7.22. The fourth-order valence-electron chi connectivity index (χ4n) is 2.04. The van der Waals surface area contributed by atoms with Crippen LogP contribution in [0.2, 0.25) is 5.02 Å². The number of aromatic nitrogens is 3. The molecular weight excluding hydrogens is 290 g/mol. The van der Waals surface area contributed by atoms with E-state index in [2.05, 4.69) is 20.6 Å². The lowest BCUT2D eigenvalue weighted by atomic mass is 10.3. The number of hydrogen-bond acceptors (Lipinski definition) is 5. The smallest absolute Gasteiger partial charge is 0.180 e. The number of ether oxygens (including phenoxy) is 1. The minimum atomic E-state index is 0.613. The van der Waals surface area contributed by atoms with Gasteiger partial charge in [0.1, 0.15) is 11.6 Å². The minimum Gasteiger partial charge on any atom is -0.495 e. The van der Waals surface area contributed by atoms with Crippen molar-refractivity contribution in [2.45, 2.75) is 0 Å². The molecule has 0 fully saturated rings. The molecule has 21 heavy (non-hydrogen) atoms. The first-order valence-electron chi connectivity index (χ1n) is 6.33. The zero-order chi connectivity index (χ0) is 14.8. The molecule has 108 valence electrons. The van der Waals surface area contributed by atoms with Gasteiger partial charge in [0.25, 0.3) is 0 Å². The summed E-state index contributed by atoms with van der Waals surface area (Å²) in [6.45, 7) is 0. The van der Waals surface area contributed by atoms with Gasteiger partial charge in [-0.15, -0.1) is 0 Å². The molecule has 0 bridgehead atoms. The van der Waals surface area contributed by atoms with Gasteiger partial charge in [0, 0.05) is 24.5 Å². The molecule has 1 aromatic carbocycles. The van der Waals surface area contributed by atoms with Crippen LogP contribution in [0.25, 0.3) is 5.65 Å². The number of methoxy groups -OCH3 is 1. The number of halogens is 1. The van der Waals surface area contributed by atoms with Gasteiger partial charge >= 0.3 is 0 Å². The van der Waals surface area contributed by atoms with Crippen LogP contribution in [0.1, 0.15) is 0 Å². The summed E-state index contributed by atoms with van der Waals surface area (Å²) in [4.78, 5) is 8.79. The van der Waals surface area contributed by atoms with Crippen LogP contribution in [-0.4, -0.2) is 28.5 Å². The van der Waals surface area contributed by atoms with Gasteiger partial charge in [-0.1, -0.05) is 11.6 Å². The van der Waals surface area contributed by atoms with Gasteiger partial charge in [-0.05, 0) is 18.2 Å². The van der Waals surface area contributed by atoms with Crippen LogP contribution in [0, 0.1) is 0 Å². The normalized spacial score (nSPS) is 10.6. The highest BCUT2D eigenvalue weighted by Gasteiger charge is 2.10. The van der Waals surface area contributed by atoms with E-state index < -0.39 is 0 Å². The third-order valence-electron chi connectivity index (χ3n) is 3.04. The van der Waals surface area contributed by atoms with Gasteiger partial charge in [0.15, 0.2) is 11.5 Å². The average molecular weight is 304 g/mol. The summed E-state index contributed by atoms with van der Waals surface area (Å²) in [6.07, 6.45) is 5.44. The largest absolute Gasteiger partial charge is 0.495 e. The zero-order valence-corrected chi connectivity index (χ0v) is 12.3. The molecule has 3 rings (SSSR count). The van der Waals surface area contributed by atoms with Gasteiger partial charge in [-0.25, -0.2) is 9.97 Å². The van der Waals surface area contributed by atoms with Crippen molar-refractivity contribution in [3.63, 3.8) is 0 Å². The van der Waals surface area contributed by atoms with Gasteiger partial charge in [0.05, 0.1) is 19.0 Å². The van der Waals surface area contributed by atoms with E-state index in [9.17, 15) is 0 Å². The predicted molar refractivity (Wildman–Crippen MR) is 83.8 cm³/mol. The van der Waals surface area contributed by atoms with Crippen molar-refractivity contribution in [1.29, 1.82) is 0 Å². The summed E-state index contributed by atoms with van der Waals surface area (Å²) in [5.74, 6) is 2.03. The van der Waals surface area contributed by atoms with Crippen LogP contribution in [0.3, 0.4) is 0 Å². The Hall–Kier alpha value is -2.47. The molecular formula is C14H14ClN5O. The van der Waals surface area contributed by atoms with Crippen molar-refractivity contribution in [2.75, 3.05) is 24.8 Å². The van der Waals surface area contributed by atoms with E-state index in [0.29, 0.717) is 16.6 Å². The van der Waals surface area contributed by atoms with E-state index in [-0.39, 0.29) is 0 Å². The first kappa shape index (κ1) is 13.5. The maximum absolute atomic E-state index is 6.05. The van der Waals surface area contributed by atoms with Crippen molar-refractivity contribution in [3.05, 3.63) is 41.8 Å². The Kier molecular flexibility index (Phi) is 3.53. The van der Waals surface area contributed by atoms with Gasteiger partial charge in [-0.2, -0.15) is 0 Å². The molecule has 2 aromatic heterocycles. The van der Waals surface area contributed by atoms with Crippen molar-refractivity contribution in [3.8, 4) is 5.75 Å². The number of rotatable bonds is 4. The van der Waals surface area contributed by atoms with Gasteiger partial charge in [-0.3, -0.25) is 0 Å². The molecule has 0 radical (unpaired) electrons. The second-order valence-electron chi connectivity index (χ2n) is 4.35. The van der Waals surface area contributed by atoms with E-state index in [1.807, 2.05) is 23.8 Å². The van der Waals surface area contributed by atoms with Gasteiger partial charge < -0.3 is 19.8 Å². The number of anilines is 3. The molecule has 2 N–H and O–H groups in total. The number of benzene rings is 1. The van der Waals surface area contributed by atoms with Crippen molar-refractivity contribution < 1.29 is 4.74 Å². The molecule has 0 aliphatic rings. The lowest BCUT2D eigenvalue weighted by molar-refractivity contribution is 0.417. The highest BCUT2D eigenvalue weighted by molar-refractivity contribution is 6.31. The molecule has 0 unspecified atom stereocenters. The molecule has 0 saturated carbocycles. The lowest BCUT2D eigenvalue weighted by Crippen LogP contribution is -2.03. The first-order chi connectivity index (χ1) is 10.2. The Labute approximate surface area is 126 Å². The van der Waals surface area contributed by atoms with Crippen LogP contribution in [0.5, 0.6) is 5.75 Å². The van der Waals surface area contributed by atoms with Crippen LogP contribution in [0.4, 0.5) is 17.3 Å². The molecule has 0 aliphatic heterocycles. The van der Waals surface area contributed by atoms with Crippen LogP contribution in [0.15, 0.2) is 36.8 Å². The van der Waals surface area contributed by atoms with Crippen molar-refractivity contribution >= 4 is 34.6 Å². The Morgan fingerprint density at radius 1 is 1.33 bits per heavy atom. The standard InChI is InChI=1S/C14H14ClN5O/c1-16-12-8-20-6-5-17-14(20)13(19-12)18-10-7-9(15)3-4-11(10)21-2/h3-8,16H,1-2H3,(H,18,19). The number of hydrogen-bond donors (Lipinski definition) is 2. The van der Waals surface area contributed by atoms with E-state index >= 15 is 0 Å². The summed E-state index contributed by atoms with van der Waals surface area (Å²) in [7, 11) is 3.42. The molecule has 6 nitrogen and oxygen atoms in total. The van der Waals surface area contributed by atoms with E-state index in [0.717, 1.165) is 17.2 Å². The molecule has 0 saturated heterocycles. The summed E-state index contributed by atoms with van der Waals surface area (Å²) in [6, 6.07) is 5.36. The van der Waals surface area contributed by atoms with Gasteiger partial charge in [0.2, 0.25) is 0 Å². The number of nitrogens with one attached hydrogen (secondary N) is 2. The molecule has 7 heteroatoms. The maximum atomic E-state index is 6.05. The monoisotopic (exact) mass is 303 g/mol. The molecule has 0 atom stereocenters. The highest BCUT2D eigenvalue weighted by atomic mass is 35.5. The van der Waals surface area contributed by atoms with E-state index in [1.54, 1.807) is 31.5 Å². The Morgan fingerprint density at radius 2 is 2.19 bits per heavy atom. The first-order valence-corrected chi connectivity index (χ1v) is 6.71. The number of fused-ring (bicyclic) bond motifs is 1. The quantitative estimate of drug-likeness (QED) is 0.775. The average Bonchev–Trinajstić information content (AvgIpc) is 2.96. The fourth-order valence-corrected chi connectivity index (χ4v) is 2.21. The molecule has 0 aliphatic carbocycles. The molecule has 0 spiro atoms. The topological polar surface area (TPSA) is 63.5 Å². The zero-order valence-electron chi connectivity index (χ0n) is 11.6. The lowest BCUT2D eigenvalue weighted by Gasteiger charge is -2.12. The third-order valence-corrected chi connectivity index (χ3v) is 3.28. The summed E-state index contributed by atoms with van der Waals surface area (Å²) >= 11 is 6.05. The predicted octanol–water partition coefficient (Wildman–Crippen LogP) is 3.18. The SMILES string of the molecule is CNc1cn2ccnc2c(Nc2cc(Cl)ccc2OC)n1.